The molecule has 0 radical (unpaired) electrons. The molecular formula is C17H24N2O3. The molecule has 2 unspecified atom stereocenters. The number of piperidine rings is 1. The van der Waals surface area contributed by atoms with E-state index in [2.05, 4.69) is 5.32 Å². The average molecular weight is 304 g/mol. The highest BCUT2D eigenvalue weighted by Gasteiger charge is 2.30. The molecule has 22 heavy (non-hydrogen) atoms. The van der Waals surface area contributed by atoms with E-state index in [0.29, 0.717) is 17.8 Å². The third-order valence-corrected chi connectivity index (χ3v) is 4.16. The van der Waals surface area contributed by atoms with Crippen molar-refractivity contribution in [2.24, 2.45) is 0 Å². The molecule has 5 heteroatoms. The number of nitrogens with zero attached hydrogens (tertiary/aromatic N) is 1. The van der Waals surface area contributed by atoms with E-state index in [1.54, 1.807) is 24.0 Å². The van der Waals surface area contributed by atoms with Gasteiger partial charge in [-0.3, -0.25) is 9.59 Å². The second-order valence-corrected chi connectivity index (χ2v) is 6.01. The average Bonchev–Trinajstić information content (AvgIpc) is 2.48. The minimum absolute atomic E-state index is 0.0859. The highest BCUT2D eigenvalue weighted by molar-refractivity contribution is 5.97. The summed E-state index contributed by atoms with van der Waals surface area (Å²) in [7, 11) is 0. The molecule has 2 N–H and O–H groups in total. The SMILES string of the molecule is CC(=O)Nc1cc(C(=O)N2CCCCC2C(C)O)ccc1C. The van der Waals surface area contributed by atoms with Gasteiger partial charge in [-0.05, 0) is 50.8 Å². The van der Waals surface area contributed by atoms with Gasteiger partial charge in [-0.25, -0.2) is 0 Å². The van der Waals surface area contributed by atoms with Crippen LogP contribution in [0.5, 0.6) is 0 Å². The fourth-order valence-corrected chi connectivity index (χ4v) is 2.96. The number of amides is 2. The standard InChI is InChI=1S/C17H24N2O3/c1-11-7-8-14(10-15(11)18-13(3)21)17(22)19-9-5-4-6-16(19)12(2)20/h7-8,10,12,16,20H,4-6,9H2,1-3H3,(H,18,21). The topological polar surface area (TPSA) is 69.6 Å². The van der Waals surface area contributed by atoms with Gasteiger partial charge >= 0.3 is 0 Å². The molecule has 1 aromatic rings. The van der Waals surface area contributed by atoms with Crippen LogP contribution in [0.2, 0.25) is 0 Å². The lowest BCUT2D eigenvalue weighted by molar-refractivity contribution is -0.114. The maximum Gasteiger partial charge on any atom is 0.254 e. The molecule has 0 spiro atoms. The molecule has 1 aliphatic rings. The lowest BCUT2D eigenvalue weighted by Gasteiger charge is -2.37. The molecule has 0 aliphatic carbocycles. The van der Waals surface area contributed by atoms with Crippen LogP contribution in [0.15, 0.2) is 18.2 Å². The van der Waals surface area contributed by atoms with E-state index in [0.717, 1.165) is 24.8 Å². The van der Waals surface area contributed by atoms with Gasteiger partial charge in [-0.1, -0.05) is 6.07 Å². The van der Waals surface area contributed by atoms with Gasteiger partial charge in [0.1, 0.15) is 0 Å². The number of hydrogen-bond donors (Lipinski definition) is 2. The van der Waals surface area contributed by atoms with Crippen molar-refractivity contribution in [1.82, 2.24) is 4.90 Å². The zero-order chi connectivity index (χ0) is 16.3. The molecule has 2 amide bonds. The van der Waals surface area contributed by atoms with Gasteiger partial charge in [0.25, 0.3) is 5.91 Å². The number of anilines is 1. The van der Waals surface area contributed by atoms with Crippen molar-refractivity contribution in [3.05, 3.63) is 29.3 Å². The first kappa shape index (κ1) is 16.5. The zero-order valence-electron chi connectivity index (χ0n) is 13.4. The number of aliphatic hydroxyl groups excluding tert-OH is 1. The number of benzene rings is 1. The van der Waals surface area contributed by atoms with Crippen molar-refractivity contribution in [2.75, 3.05) is 11.9 Å². The zero-order valence-corrected chi connectivity index (χ0v) is 13.4. The molecule has 1 aromatic carbocycles. The number of aliphatic hydroxyl groups is 1. The number of hydrogen-bond acceptors (Lipinski definition) is 3. The molecule has 0 bridgehead atoms. The Bertz CT molecular complexity index is 569. The van der Waals surface area contributed by atoms with Crippen molar-refractivity contribution in [1.29, 1.82) is 0 Å². The van der Waals surface area contributed by atoms with Crippen molar-refractivity contribution < 1.29 is 14.7 Å². The van der Waals surface area contributed by atoms with Gasteiger partial charge < -0.3 is 15.3 Å². The van der Waals surface area contributed by atoms with Crippen LogP contribution in [0.3, 0.4) is 0 Å². The highest BCUT2D eigenvalue weighted by Crippen LogP contribution is 2.24. The summed E-state index contributed by atoms with van der Waals surface area (Å²) >= 11 is 0. The molecule has 0 aromatic heterocycles. The summed E-state index contributed by atoms with van der Waals surface area (Å²) in [4.78, 5) is 25.8. The van der Waals surface area contributed by atoms with E-state index in [4.69, 9.17) is 0 Å². The van der Waals surface area contributed by atoms with Crippen LogP contribution in [0, 0.1) is 6.92 Å². The number of rotatable bonds is 3. The van der Waals surface area contributed by atoms with Gasteiger partial charge in [0.05, 0.1) is 12.1 Å². The fourth-order valence-electron chi connectivity index (χ4n) is 2.96. The summed E-state index contributed by atoms with van der Waals surface area (Å²) in [6, 6.07) is 5.19. The van der Waals surface area contributed by atoms with Crippen LogP contribution in [0.4, 0.5) is 5.69 Å². The first-order valence-corrected chi connectivity index (χ1v) is 7.77. The Balaban J connectivity index is 2.26. The van der Waals surface area contributed by atoms with E-state index in [-0.39, 0.29) is 17.9 Å². The molecule has 2 rings (SSSR count). The smallest absolute Gasteiger partial charge is 0.254 e. The molecule has 1 aliphatic heterocycles. The van der Waals surface area contributed by atoms with Crippen LogP contribution in [-0.4, -0.2) is 40.5 Å². The second kappa shape index (κ2) is 6.92. The Labute approximate surface area is 131 Å². The van der Waals surface area contributed by atoms with Crippen LogP contribution in [0.25, 0.3) is 0 Å². The van der Waals surface area contributed by atoms with Crippen molar-refractivity contribution in [3.8, 4) is 0 Å². The van der Waals surface area contributed by atoms with E-state index in [1.165, 1.54) is 6.92 Å². The molecular weight excluding hydrogens is 280 g/mol. The Hall–Kier alpha value is -1.88. The maximum absolute atomic E-state index is 12.8. The molecule has 1 fully saturated rings. The second-order valence-electron chi connectivity index (χ2n) is 6.01. The van der Waals surface area contributed by atoms with Crippen molar-refractivity contribution >= 4 is 17.5 Å². The lowest BCUT2D eigenvalue weighted by Crippen LogP contribution is -2.48. The highest BCUT2D eigenvalue weighted by atomic mass is 16.3. The third-order valence-electron chi connectivity index (χ3n) is 4.16. The predicted molar refractivity (Wildman–Crippen MR) is 85.8 cm³/mol. The van der Waals surface area contributed by atoms with E-state index in [9.17, 15) is 14.7 Å². The molecule has 5 nitrogen and oxygen atoms in total. The summed E-state index contributed by atoms with van der Waals surface area (Å²) in [6.07, 6.45) is 2.28. The van der Waals surface area contributed by atoms with Crippen molar-refractivity contribution in [3.63, 3.8) is 0 Å². The van der Waals surface area contributed by atoms with Gasteiger partial charge in [0.15, 0.2) is 0 Å². The third kappa shape index (κ3) is 3.65. The summed E-state index contributed by atoms with van der Waals surface area (Å²) in [5.41, 5.74) is 2.11. The van der Waals surface area contributed by atoms with Crippen LogP contribution >= 0.6 is 0 Å². The van der Waals surface area contributed by atoms with E-state index >= 15 is 0 Å². The van der Waals surface area contributed by atoms with Crippen molar-refractivity contribution in [2.45, 2.75) is 52.2 Å². The van der Waals surface area contributed by atoms with Crippen LogP contribution < -0.4 is 5.32 Å². The number of carbonyl (C=O) groups is 2. The Kier molecular flexibility index (Phi) is 5.19. The lowest BCUT2D eigenvalue weighted by atomic mass is 9.96. The minimum atomic E-state index is -0.537. The number of likely N-dealkylation sites (tertiary alicyclic amines) is 1. The van der Waals surface area contributed by atoms with E-state index < -0.39 is 6.10 Å². The summed E-state index contributed by atoms with van der Waals surface area (Å²) in [5.74, 6) is -0.246. The monoisotopic (exact) mass is 304 g/mol. The summed E-state index contributed by atoms with van der Waals surface area (Å²) < 4.78 is 0. The van der Waals surface area contributed by atoms with E-state index in [1.807, 2.05) is 13.0 Å². The number of carbonyl (C=O) groups excluding carboxylic acids is 2. The minimum Gasteiger partial charge on any atom is -0.391 e. The summed E-state index contributed by atoms with van der Waals surface area (Å²) in [5, 5.41) is 12.7. The Morgan fingerprint density at radius 2 is 2.09 bits per heavy atom. The predicted octanol–water partition coefficient (Wildman–Crippen LogP) is 2.33. The number of nitrogens with one attached hydrogen (secondary N) is 1. The van der Waals surface area contributed by atoms with Crippen LogP contribution in [-0.2, 0) is 4.79 Å². The number of aryl methyl sites for hydroxylation is 1. The largest absolute Gasteiger partial charge is 0.391 e. The maximum atomic E-state index is 12.8. The summed E-state index contributed by atoms with van der Waals surface area (Å²) in [6.45, 7) is 5.73. The van der Waals surface area contributed by atoms with Gasteiger partial charge in [-0.15, -0.1) is 0 Å². The fraction of sp³-hybridized carbons (Fsp3) is 0.529. The van der Waals surface area contributed by atoms with Gasteiger partial charge in [0.2, 0.25) is 5.91 Å². The molecule has 1 saturated heterocycles. The molecule has 0 saturated carbocycles. The first-order valence-electron chi connectivity index (χ1n) is 7.77. The first-order chi connectivity index (χ1) is 10.4. The quantitative estimate of drug-likeness (QED) is 0.900. The van der Waals surface area contributed by atoms with Crippen LogP contribution in [0.1, 0.15) is 49.0 Å². The Morgan fingerprint density at radius 1 is 1.36 bits per heavy atom. The molecule has 1 heterocycles. The normalized spacial score (nSPS) is 19.6. The van der Waals surface area contributed by atoms with Gasteiger partial charge in [-0.2, -0.15) is 0 Å². The van der Waals surface area contributed by atoms with Gasteiger partial charge in [0, 0.05) is 24.7 Å². The molecule has 2 atom stereocenters. The Morgan fingerprint density at radius 3 is 2.73 bits per heavy atom. The molecule has 120 valence electrons.